The molecule has 0 radical (unpaired) electrons. The highest BCUT2D eigenvalue weighted by Crippen LogP contribution is 2.40. The summed E-state index contributed by atoms with van der Waals surface area (Å²) < 4.78 is 13.3. The molecule has 2 aromatic heterocycles. The first-order valence-electron chi connectivity index (χ1n) is 8.56. The van der Waals surface area contributed by atoms with Gasteiger partial charge in [0.1, 0.15) is 22.3 Å². The zero-order valence-electron chi connectivity index (χ0n) is 14.7. The molecule has 0 saturated heterocycles. The number of benzene rings is 1. The third-order valence-corrected chi connectivity index (χ3v) is 5.69. The van der Waals surface area contributed by atoms with Crippen LogP contribution in [0.15, 0.2) is 24.3 Å². The Morgan fingerprint density at radius 1 is 1.35 bits per heavy atom. The van der Waals surface area contributed by atoms with Crippen molar-refractivity contribution in [1.29, 1.82) is 0 Å². The molecule has 0 bridgehead atoms. The lowest BCUT2D eigenvalue weighted by Gasteiger charge is -2.19. The Kier molecular flexibility index (Phi) is 4.32. The number of carbonyl (C=O) groups is 1. The Bertz CT molecular complexity index is 1000. The molecule has 0 saturated carbocycles. The Morgan fingerprint density at radius 3 is 3.00 bits per heavy atom. The normalized spacial score (nSPS) is 13.0. The molecule has 1 aromatic carbocycles. The summed E-state index contributed by atoms with van der Waals surface area (Å²) in [5.41, 5.74) is 1.78. The van der Waals surface area contributed by atoms with Crippen LogP contribution in [-0.2, 0) is 17.6 Å². The van der Waals surface area contributed by atoms with Crippen LogP contribution in [0.1, 0.15) is 22.7 Å². The van der Waals surface area contributed by atoms with E-state index >= 15 is 0 Å². The lowest BCUT2D eigenvalue weighted by molar-refractivity contribution is -0.114. The van der Waals surface area contributed by atoms with Gasteiger partial charge in [-0.2, -0.15) is 0 Å². The molecule has 0 atom stereocenters. The van der Waals surface area contributed by atoms with E-state index in [0.717, 1.165) is 35.3 Å². The van der Waals surface area contributed by atoms with Crippen molar-refractivity contribution in [3.8, 4) is 0 Å². The zero-order valence-corrected chi connectivity index (χ0v) is 15.5. The Hall–Kier alpha value is -2.54. The summed E-state index contributed by atoms with van der Waals surface area (Å²) in [4.78, 5) is 25.8. The van der Waals surface area contributed by atoms with Gasteiger partial charge in [-0.3, -0.25) is 4.79 Å². The summed E-state index contributed by atoms with van der Waals surface area (Å²) in [6.45, 7) is 2.00. The van der Waals surface area contributed by atoms with E-state index in [1.54, 1.807) is 23.5 Å². The Balaban J connectivity index is 1.60. The molecule has 0 fully saturated rings. The van der Waals surface area contributed by atoms with Gasteiger partial charge < -0.3 is 10.2 Å². The van der Waals surface area contributed by atoms with Crippen molar-refractivity contribution in [2.24, 2.45) is 0 Å². The Morgan fingerprint density at radius 2 is 2.19 bits per heavy atom. The minimum Gasteiger partial charge on any atom is -0.350 e. The van der Waals surface area contributed by atoms with Gasteiger partial charge in [-0.05, 0) is 49.9 Å². The molecule has 26 heavy (non-hydrogen) atoms. The molecular weight excluding hydrogens is 351 g/mol. The third-order valence-electron chi connectivity index (χ3n) is 4.51. The highest BCUT2D eigenvalue weighted by molar-refractivity contribution is 7.19. The zero-order chi connectivity index (χ0) is 18.3. The van der Waals surface area contributed by atoms with Crippen LogP contribution in [-0.4, -0.2) is 29.5 Å². The summed E-state index contributed by atoms with van der Waals surface area (Å²) in [6.07, 6.45) is 3.30. The summed E-state index contributed by atoms with van der Waals surface area (Å²) in [7, 11) is 1.85. The highest BCUT2D eigenvalue weighted by Gasteiger charge is 2.24. The highest BCUT2D eigenvalue weighted by atomic mass is 32.1. The third kappa shape index (κ3) is 3.14. The molecule has 0 unspecified atom stereocenters. The number of carbonyl (C=O) groups excluding carboxylic acids is 1. The summed E-state index contributed by atoms with van der Waals surface area (Å²) >= 11 is 1.74. The van der Waals surface area contributed by atoms with Gasteiger partial charge >= 0.3 is 0 Å². The van der Waals surface area contributed by atoms with Gasteiger partial charge in [-0.25, -0.2) is 14.4 Å². The fourth-order valence-electron chi connectivity index (χ4n) is 3.41. The maximum absolute atomic E-state index is 13.3. The second-order valence-corrected chi connectivity index (χ2v) is 7.63. The number of nitrogens with zero attached hydrogens (tertiary/aromatic N) is 3. The molecular formula is C19H19FN4OS. The summed E-state index contributed by atoms with van der Waals surface area (Å²) in [5, 5.41) is 3.81. The molecule has 5 nitrogen and oxygen atoms in total. The minimum atomic E-state index is -0.377. The van der Waals surface area contributed by atoms with Crippen LogP contribution in [0.25, 0.3) is 10.2 Å². The van der Waals surface area contributed by atoms with Crippen molar-refractivity contribution >= 4 is 39.0 Å². The molecule has 134 valence electrons. The first-order valence-corrected chi connectivity index (χ1v) is 9.38. The molecule has 3 aromatic rings. The monoisotopic (exact) mass is 370 g/mol. The van der Waals surface area contributed by atoms with Crippen molar-refractivity contribution in [1.82, 2.24) is 9.97 Å². The first kappa shape index (κ1) is 16.9. The number of hydrogen-bond donors (Lipinski definition) is 1. The van der Waals surface area contributed by atoms with Crippen LogP contribution in [0.4, 0.5) is 15.9 Å². The maximum Gasteiger partial charge on any atom is 0.243 e. The van der Waals surface area contributed by atoms with E-state index in [1.165, 1.54) is 22.6 Å². The molecule has 0 aliphatic heterocycles. The van der Waals surface area contributed by atoms with E-state index in [-0.39, 0.29) is 18.3 Å². The van der Waals surface area contributed by atoms with Crippen LogP contribution >= 0.6 is 11.3 Å². The van der Waals surface area contributed by atoms with Gasteiger partial charge in [0.2, 0.25) is 5.91 Å². The van der Waals surface area contributed by atoms with Gasteiger partial charge in [0.05, 0.1) is 11.9 Å². The fourth-order valence-corrected chi connectivity index (χ4v) is 4.72. The molecule has 0 spiro atoms. The van der Waals surface area contributed by atoms with Crippen LogP contribution in [0.2, 0.25) is 0 Å². The molecule has 1 aliphatic carbocycles. The average molecular weight is 370 g/mol. The predicted octanol–water partition coefficient (Wildman–Crippen LogP) is 3.70. The molecule has 4 rings (SSSR count). The van der Waals surface area contributed by atoms with Crippen LogP contribution in [0.5, 0.6) is 0 Å². The Labute approximate surface area is 154 Å². The van der Waals surface area contributed by atoms with Crippen LogP contribution in [0, 0.1) is 12.7 Å². The second kappa shape index (κ2) is 6.64. The number of thiophene rings is 1. The van der Waals surface area contributed by atoms with E-state index in [0.29, 0.717) is 11.5 Å². The number of hydrogen-bond acceptors (Lipinski definition) is 5. The molecule has 1 amide bonds. The number of likely N-dealkylation sites (N-methyl/N-ethyl adjacent to an activating group) is 1. The van der Waals surface area contributed by atoms with Crippen LogP contribution in [0.3, 0.4) is 0 Å². The van der Waals surface area contributed by atoms with Gasteiger partial charge in [0, 0.05) is 17.6 Å². The summed E-state index contributed by atoms with van der Waals surface area (Å²) in [6, 6.07) is 5.89. The molecule has 1 aliphatic rings. The fraction of sp³-hybridized carbons (Fsp3) is 0.316. The SMILES string of the molecule is Cc1nc(N(C)CC(=O)Nc2cccc(F)c2)c2c3c(sc2n1)CCC3. The first-order chi connectivity index (χ1) is 12.5. The van der Waals surface area contributed by atoms with E-state index in [2.05, 4.69) is 15.3 Å². The van der Waals surface area contributed by atoms with Gasteiger partial charge in [0.25, 0.3) is 0 Å². The van der Waals surface area contributed by atoms with Gasteiger partial charge in [-0.1, -0.05) is 6.07 Å². The summed E-state index contributed by atoms with van der Waals surface area (Å²) in [5.74, 6) is 0.901. The molecule has 7 heteroatoms. The van der Waals surface area contributed by atoms with Crippen molar-refractivity contribution in [3.63, 3.8) is 0 Å². The lowest BCUT2D eigenvalue weighted by atomic mass is 10.2. The standard InChI is InChI=1S/C19H19FN4OS/c1-11-21-18(17-14-7-4-8-15(14)26-19(17)22-11)24(2)10-16(25)23-13-6-3-5-12(20)9-13/h3,5-6,9H,4,7-8,10H2,1-2H3,(H,23,25). The smallest absolute Gasteiger partial charge is 0.243 e. The van der Waals surface area contributed by atoms with E-state index < -0.39 is 0 Å². The quantitative estimate of drug-likeness (QED) is 0.761. The number of fused-ring (bicyclic) bond motifs is 3. The van der Waals surface area contributed by atoms with E-state index in [1.807, 2.05) is 18.9 Å². The molecule has 2 heterocycles. The largest absolute Gasteiger partial charge is 0.350 e. The van der Waals surface area contributed by atoms with Crippen molar-refractivity contribution in [2.45, 2.75) is 26.2 Å². The number of aryl methyl sites for hydroxylation is 3. The number of aromatic nitrogens is 2. The van der Waals surface area contributed by atoms with Gasteiger partial charge in [0.15, 0.2) is 0 Å². The number of amides is 1. The maximum atomic E-state index is 13.3. The number of nitrogens with one attached hydrogen (secondary N) is 1. The second-order valence-electron chi connectivity index (χ2n) is 6.55. The van der Waals surface area contributed by atoms with Crippen molar-refractivity contribution < 1.29 is 9.18 Å². The van der Waals surface area contributed by atoms with E-state index in [9.17, 15) is 9.18 Å². The van der Waals surface area contributed by atoms with Crippen molar-refractivity contribution in [2.75, 3.05) is 23.8 Å². The topological polar surface area (TPSA) is 58.1 Å². The number of rotatable bonds is 4. The predicted molar refractivity (Wildman–Crippen MR) is 102 cm³/mol. The minimum absolute atomic E-state index is 0.132. The van der Waals surface area contributed by atoms with E-state index in [4.69, 9.17) is 0 Å². The number of anilines is 2. The van der Waals surface area contributed by atoms with Crippen molar-refractivity contribution in [3.05, 3.63) is 46.3 Å². The van der Waals surface area contributed by atoms with Crippen LogP contribution < -0.4 is 10.2 Å². The average Bonchev–Trinajstić information content (AvgIpc) is 3.14. The molecule has 1 N–H and O–H groups in total. The number of halogens is 1. The van der Waals surface area contributed by atoms with Gasteiger partial charge in [-0.15, -0.1) is 11.3 Å². The lowest BCUT2D eigenvalue weighted by Crippen LogP contribution is -2.31.